The lowest BCUT2D eigenvalue weighted by molar-refractivity contribution is -0.114. The van der Waals surface area contributed by atoms with Gasteiger partial charge in [0.25, 0.3) is 5.91 Å². The number of fused-ring (bicyclic) bond motifs is 1. The van der Waals surface area contributed by atoms with E-state index in [1.54, 1.807) is 22.7 Å². The third kappa shape index (κ3) is 5.26. The first-order chi connectivity index (χ1) is 17.1. The molecule has 35 heavy (non-hydrogen) atoms. The summed E-state index contributed by atoms with van der Waals surface area (Å²) in [5.74, 6) is 1.36. The van der Waals surface area contributed by atoms with Crippen LogP contribution < -0.4 is 4.74 Å². The summed E-state index contributed by atoms with van der Waals surface area (Å²) in [6.07, 6.45) is 1.72. The quantitative estimate of drug-likeness (QED) is 0.230. The predicted molar refractivity (Wildman–Crippen MR) is 146 cm³/mol. The molecule has 7 heteroatoms. The van der Waals surface area contributed by atoms with E-state index in [0.29, 0.717) is 11.8 Å². The molecule has 0 aliphatic carbocycles. The Kier molecular flexibility index (Phi) is 6.88. The summed E-state index contributed by atoms with van der Waals surface area (Å²) in [5, 5.41) is 11.2. The van der Waals surface area contributed by atoms with Gasteiger partial charge in [0.2, 0.25) is 0 Å². The molecule has 0 radical (unpaired) electrons. The van der Waals surface area contributed by atoms with Gasteiger partial charge in [0, 0.05) is 16.1 Å². The van der Waals surface area contributed by atoms with Crippen molar-refractivity contribution in [3.63, 3.8) is 0 Å². The maximum atomic E-state index is 12.7. The Labute approximate surface area is 213 Å². The molecule has 2 aliphatic heterocycles. The van der Waals surface area contributed by atoms with Crippen LogP contribution in [0.25, 0.3) is 11.8 Å². The molecule has 3 aromatic rings. The Bertz CT molecular complexity index is 1350. The molecule has 1 N–H and O–H groups in total. The first-order valence-electron chi connectivity index (χ1n) is 11.2. The number of aliphatic imine (C=N–C) groups is 1. The van der Waals surface area contributed by atoms with Gasteiger partial charge in [0.1, 0.15) is 11.6 Å². The van der Waals surface area contributed by atoms with Crippen molar-refractivity contribution in [2.24, 2.45) is 4.99 Å². The molecule has 3 aromatic carbocycles. The van der Waals surface area contributed by atoms with Gasteiger partial charge in [0.05, 0.1) is 17.9 Å². The Morgan fingerprint density at radius 2 is 1.77 bits per heavy atom. The first-order valence-corrected chi connectivity index (χ1v) is 13.0. The molecule has 174 valence electrons. The second kappa shape index (κ2) is 10.4. The molecule has 0 saturated carbocycles. The summed E-state index contributed by atoms with van der Waals surface area (Å²) in [6.45, 7) is 2.68. The molecule has 5 nitrogen and oxygen atoms in total. The van der Waals surface area contributed by atoms with Crippen LogP contribution in [0.15, 0.2) is 99.7 Å². The van der Waals surface area contributed by atoms with E-state index in [-0.39, 0.29) is 11.4 Å². The highest BCUT2D eigenvalue weighted by Crippen LogP contribution is 2.37. The van der Waals surface area contributed by atoms with E-state index in [9.17, 15) is 4.79 Å². The highest BCUT2D eigenvalue weighted by molar-refractivity contribution is 8.17. The number of carbonyl (C=O) groups excluding carboxylic acids is 1. The standard InChI is InChI=1S/C28H23N3O2S2/c1-19-7-13-23(14-8-19)34-16-15-33-22-11-9-20(10-12-22)17-24-26(29)31-25(21-5-3-2-4-6-21)18-35-28(31)30-27(24)32/h2-14,17-18,29H,15-16H2,1H3/b24-17-,29-26?. The lowest BCUT2D eigenvalue weighted by Crippen LogP contribution is -2.38. The Morgan fingerprint density at radius 1 is 1.03 bits per heavy atom. The van der Waals surface area contributed by atoms with Gasteiger partial charge in [-0.1, -0.05) is 71.9 Å². The average Bonchev–Trinajstić information content (AvgIpc) is 3.31. The van der Waals surface area contributed by atoms with E-state index in [1.807, 2.05) is 60.0 Å². The SMILES string of the molecule is Cc1ccc(SCCOc2ccc(/C=C3/C(=N)N4C(c5ccccc5)=CSC4=NC3=O)cc2)cc1. The number of aryl methyl sites for hydroxylation is 1. The number of ether oxygens (including phenoxy) is 1. The number of thioether (sulfide) groups is 2. The number of benzene rings is 3. The number of hydrogen-bond donors (Lipinski definition) is 1. The maximum absolute atomic E-state index is 12.7. The van der Waals surface area contributed by atoms with Gasteiger partial charge in [-0.3, -0.25) is 15.1 Å². The number of rotatable bonds is 7. The monoisotopic (exact) mass is 497 g/mol. The zero-order chi connectivity index (χ0) is 24.2. The van der Waals surface area contributed by atoms with Gasteiger partial charge < -0.3 is 4.74 Å². The second-order valence-electron chi connectivity index (χ2n) is 8.01. The number of amidine groups is 2. The van der Waals surface area contributed by atoms with E-state index < -0.39 is 5.91 Å². The summed E-state index contributed by atoms with van der Waals surface area (Å²) in [6, 6.07) is 25.9. The molecule has 0 saturated heterocycles. The predicted octanol–water partition coefficient (Wildman–Crippen LogP) is 6.47. The maximum Gasteiger partial charge on any atom is 0.283 e. The van der Waals surface area contributed by atoms with Crippen LogP contribution in [0, 0.1) is 12.3 Å². The number of amides is 1. The van der Waals surface area contributed by atoms with Crippen molar-refractivity contribution >= 4 is 52.2 Å². The van der Waals surface area contributed by atoms with E-state index in [4.69, 9.17) is 10.1 Å². The summed E-state index contributed by atoms with van der Waals surface area (Å²) >= 11 is 3.12. The molecule has 0 bridgehead atoms. The average molecular weight is 498 g/mol. The minimum absolute atomic E-state index is 0.133. The van der Waals surface area contributed by atoms with Gasteiger partial charge in [-0.2, -0.15) is 4.99 Å². The fourth-order valence-corrected chi connectivity index (χ4v) is 5.31. The van der Waals surface area contributed by atoms with Crippen LogP contribution in [0.1, 0.15) is 16.7 Å². The van der Waals surface area contributed by atoms with Crippen LogP contribution in [0.3, 0.4) is 0 Å². The summed E-state index contributed by atoms with van der Waals surface area (Å²) < 4.78 is 5.87. The summed E-state index contributed by atoms with van der Waals surface area (Å²) in [4.78, 5) is 19.9. The van der Waals surface area contributed by atoms with Crippen molar-refractivity contribution < 1.29 is 9.53 Å². The minimum atomic E-state index is -0.398. The smallest absolute Gasteiger partial charge is 0.283 e. The Balaban J connectivity index is 1.24. The second-order valence-corrected chi connectivity index (χ2v) is 10.0. The Morgan fingerprint density at radius 3 is 2.51 bits per heavy atom. The van der Waals surface area contributed by atoms with Crippen LogP contribution in [0.2, 0.25) is 0 Å². The van der Waals surface area contributed by atoms with Gasteiger partial charge >= 0.3 is 0 Å². The van der Waals surface area contributed by atoms with Crippen molar-refractivity contribution in [2.75, 3.05) is 12.4 Å². The molecular formula is C28H23N3O2S2. The van der Waals surface area contributed by atoms with Crippen LogP contribution >= 0.6 is 23.5 Å². The lowest BCUT2D eigenvalue weighted by atomic mass is 10.1. The van der Waals surface area contributed by atoms with Crippen molar-refractivity contribution in [2.45, 2.75) is 11.8 Å². The third-order valence-corrected chi connectivity index (χ3v) is 7.32. The van der Waals surface area contributed by atoms with Crippen molar-refractivity contribution in [3.05, 3.63) is 107 Å². The lowest BCUT2D eigenvalue weighted by Gasteiger charge is -2.26. The highest BCUT2D eigenvalue weighted by Gasteiger charge is 2.36. The molecule has 0 atom stereocenters. The fraction of sp³-hybridized carbons (Fsp3) is 0.107. The molecule has 5 rings (SSSR count). The molecule has 2 aliphatic rings. The van der Waals surface area contributed by atoms with Crippen LogP contribution in [-0.2, 0) is 4.79 Å². The molecule has 1 amide bonds. The van der Waals surface area contributed by atoms with Crippen molar-refractivity contribution in [3.8, 4) is 5.75 Å². The molecule has 0 aromatic heterocycles. The summed E-state index contributed by atoms with van der Waals surface area (Å²) in [5.41, 5.74) is 4.16. The fourth-order valence-electron chi connectivity index (χ4n) is 3.69. The highest BCUT2D eigenvalue weighted by atomic mass is 32.2. The minimum Gasteiger partial charge on any atom is -0.493 e. The number of carbonyl (C=O) groups is 1. The van der Waals surface area contributed by atoms with Crippen LogP contribution in [0.4, 0.5) is 0 Å². The molecule has 2 heterocycles. The molecule has 0 fully saturated rings. The van der Waals surface area contributed by atoms with Gasteiger partial charge in [-0.05, 0) is 48.4 Å². The van der Waals surface area contributed by atoms with Gasteiger partial charge in [-0.25, -0.2) is 0 Å². The van der Waals surface area contributed by atoms with E-state index in [0.717, 1.165) is 28.3 Å². The van der Waals surface area contributed by atoms with Crippen molar-refractivity contribution in [1.82, 2.24) is 4.90 Å². The molecule has 0 unspecified atom stereocenters. The summed E-state index contributed by atoms with van der Waals surface area (Å²) in [7, 11) is 0. The van der Waals surface area contributed by atoms with Crippen LogP contribution in [0.5, 0.6) is 5.75 Å². The van der Waals surface area contributed by atoms with Crippen molar-refractivity contribution in [1.29, 1.82) is 5.41 Å². The van der Waals surface area contributed by atoms with E-state index in [1.165, 1.54) is 22.2 Å². The molecular weight excluding hydrogens is 474 g/mol. The van der Waals surface area contributed by atoms with Crippen LogP contribution in [-0.4, -0.2) is 34.2 Å². The van der Waals surface area contributed by atoms with E-state index in [2.05, 4.69) is 36.2 Å². The molecule has 0 spiro atoms. The number of nitrogens with zero attached hydrogens (tertiary/aromatic N) is 2. The van der Waals surface area contributed by atoms with Gasteiger partial charge in [0.15, 0.2) is 5.17 Å². The largest absolute Gasteiger partial charge is 0.493 e. The number of nitrogens with one attached hydrogen (secondary N) is 1. The Hall–Kier alpha value is -3.55. The normalized spacial score (nSPS) is 16.3. The first kappa shape index (κ1) is 23.2. The van der Waals surface area contributed by atoms with E-state index >= 15 is 0 Å². The zero-order valence-electron chi connectivity index (χ0n) is 19.1. The van der Waals surface area contributed by atoms with Gasteiger partial charge in [-0.15, -0.1) is 11.8 Å². The topological polar surface area (TPSA) is 65.8 Å². The number of hydrogen-bond acceptors (Lipinski definition) is 5. The third-order valence-electron chi connectivity index (χ3n) is 5.52. The zero-order valence-corrected chi connectivity index (χ0v) is 20.7.